The van der Waals surface area contributed by atoms with E-state index in [4.69, 9.17) is 4.74 Å². The minimum atomic E-state index is -1.21. The molecule has 3 rings (SSSR count). The number of ether oxygens (including phenoxy) is 1. The van der Waals surface area contributed by atoms with Crippen LogP contribution in [-0.2, 0) is 20.9 Å². The molecule has 0 unspecified atom stereocenters. The fourth-order valence-corrected chi connectivity index (χ4v) is 2.69. The van der Waals surface area contributed by atoms with Crippen molar-refractivity contribution < 1.29 is 23.1 Å². The van der Waals surface area contributed by atoms with E-state index in [1.165, 1.54) is 18.3 Å². The molecule has 1 atom stereocenters. The smallest absolute Gasteiger partial charge is 0.330 e. The van der Waals surface area contributed by atoms with Crippen LogP contribution in [0, 0.1) is 11.6 Å². The number of tetrazole rings is 1. The highest BCUT2D eigenvalue weighted by Gasteiger charge is 2.20. The first-order chi connectivity index (χ1) is 12.9. The number of carbonyl (C=O) groups excluding carboxylic acids is 2. The normalized spacial score (nSPS) is 11.8. The van der Waals surface area contributed by atoms with Crippen LogP contribution in [0.1, 0.15) is 6.92 Å². The van der Waals surface area contributed by atoms with E-state index in [0.717, 1.165) is 21.8 Å². The second-order valence-corrected chi connectivity index (χ2v) is 6.31. The Balaban J connectivity index is 1.54. The average Bonchev–Trinajstić information content (AvgIpc) is 3.28. The number of nitrogens with zero attached hydrogens (tertiary/aromatic N) is 4. The molecule has 0 saturated heterocycles. The summed E-state index contributed by atoms with van der Waals surface area (Å²) < 4.78 is 31.4. The molecule has 1 amide bonds. The molecule has 1 N–H and O–H groups in total. The Kier molecular flexibility index (Phi) is 5.50. The van der Waals surface area contributed by atoms with Crippen LogP contribution in [0.3, 0.4) is 0 Å². The molecular weight excluding hydrogens is 380 g/mol. The molecule has 1 aromatic carbocycles. The minimum Gasteiger partial charge on any atom is -0.451 e. The molecule has 0 radical (unpaired) electrons. The van der Waals surface area contributed by atoms with E-state index in [-0.39, 0.29) is 12.2 Å². The Morgan fingerprint density at radius 2 is 2.15 bits per heavy atom. The Hall–Kier alpha value is -3.21. The Labute approximate surface area is 155 Å². The SMILES string of the molecule is C[C@@H](OC(=O)Cn1nnc(-c2cccs2)n1)C(=O)Nc1ccc(F)cc1F. The van der Waals surface area contributed by atoms with Crippen molar-refractivity contribution in [2.75, 3.05) is 5.32 Å². The monoisotopic (exact) mass is 393 g/mol. The highest BCUT2D eigenvalue weighted by Crippen LogP contribution is 2.19. The van der Waals surface area contributed by atoms with E-state index in [1.807, 2.05) is 17.5 Å². The summed E-state index contributed by atoms with van der Waals surface area (Å²) in [6.45, 7) is 0.974. The molecule has 0 aliphatic rings. The van der Waals surface area contributed by atoms with Crippen LogP contribution in [0.25, 0.3) is 10.7 Å². The summed E-state index contributed by atoms with van der Waals surface area (Å²) in [5.41, 5.74) is -0.220. The van der Waals surface area contributed by atoms with Crippen molar-refractivity contribution in [2.45, 2.75) is 19.6 Å². The quantitative estimate of drug-likeness (QED) is 0.645. The molecule has 3 aromatic rings. The number of benzene rings is 1. The zero-order valence-corrected chi connectivity index (χ0v) is 14.7. The topological polar surface area (TPSA) is 99.0 Å². The molecule has 0 aliphatic carbocycles. The number of thiophene rings is 1. The summed E-state index contributed by atoms with van der Waals surface area (Å²) >= 11 is 1.42. The van der Waals surface area contributed by atoms with Crippen LogP contribution in [0.4, 0.5) is 14.5 Å². The standard InChI is InChI=1S/C16H13F2N5O3S/c1-9(16(25)19-12-5-4-10(17)7-11(12)18)26-14(24)8-23-21-15(20-22-23)13-3-2-6-27-13/h2-7,9H,8H2,1H3,(H,19,25)/t9-/m1/s1. The number of hydrogen-bond donors (Lipinski definition) is 1. The number of rotatable bonds is 6. The van der Waals surface area contributed by atoms with Gasteiger partial charge in [-0.05, 0) is 35.7 Å². The number of halogens is 2. The van der Waals surface area contributed by atoms with Crippen LogP contribution < -0.4 is 5.32 Å². The lowest BCUT2D eigenvalue weighted by Crippen LogP contribution is -2.31. The van der Waals surface area contributed by atoms with Crippen molar-refractivity contribution >= 4 is 28.9 Å². The van der Waals surface area contributed by atoms with E-state index >= 15 is 0 Å². The molecule has 11 heteroatoms. The van der Waals surface area contributed by atoms with Crippen LogP contribution >= 0.6 is 11.3 Å². The van der Waals surface area contributed by atoms with Crippen LogP contribution in [0.2, 0.25) is 0 Å². The number of esters is 1. The highest BCUT2D eigenvalue weighted by molar-refractivity contribution is 7.13. The summed E-state index contributed by atoms with van der Waals surface area (Å²) in [6, 6.07) is 6.35. The van der Waals surface area contributed by atoms with E-state index in [1.54, 1.807) is 0 Å². The molecule has 0 aliphatic heterocycles. The van der Waals surface area contributed by atoms with Crippen molar-refractivity contribution in [1.29, 1.82) is 0 Å². The van der Waals surface area contributed by atoms with Gasteiger partial charge in [-0.1, -0.05) is 6.07 Å². The number of aromatic nitrogens is 4. The fourth-order valence-electron chi connectivity index (χ4n) is 2.04. The largest absolute Gasteiger partial charge is 0.451 e. The van der Waals surface area contributed by atoms with Crippen molar-refractivity contribution in [3.63, 3.8) is 0 Å². The van der Waals surface area contributed by atoms with Gasteiger partial charge in [-0.3, -0.25) is 4.79 Å². The van der Waals surface area contributed by atoms with Gasteiger partial charge in [-0.25, -0.2) is 13.6 Å². The molecule has 0 saturated carbocycles. The van der Waals surface area contributed by atoms with E-state index in [2.05, 4.69) is 20.7 Å². The van der Waals surface area contributed by atoms with Gasteiger partial charge in [0.15, 0.2) is 12.6 Å². The van der Waals surface area contributed by atoms with Crippen molar-refractivity contribution in [3.8, 4) is 10.7 Å². The maximum absolute atomic E-state index is 13.6. The van der Waals surface area contributed by atoms with Gasteiger partial charge in [0, 0.05) is 6.07 Å². The third kappa shape index (κ3) is 4.70. The van der Waals surface area contributed by atoms with E-state index in [0.29, 0.717) is 11.9 Å². The fraction of sp³-hybridized carbons (Fsp3) is 0.188. The van der Waals surface area contributed by atoms with Crippen molar-refractivity contribution in [3.05, 3.63) is 47.3 Å². The molecule has 0 spiro atoms. The van der Waals surface area contributed by atoms with Crippen LogP contribution in [0.5, 0.6) is 0 Å². The van der Waals surface area contributed by atoms with Gasteiger partial charge < -0.3 is 10.1 Å². The third-order valence-electron chi connectivity index (χ3n) is 3.33. The van der Waals surface area contributed by atoms with Crippen LogP contribution in [-0.4, -0.2) is 38.2 Å². The molecule has 0 fully saturated rings. The molecule has 0 bridgehead atoms. The zero-order chi connectivity index (χ0) is 19.4. The minimum absolute atomic E-state index is 0.220. The van der Waals surface area contributed by atoms with E-state index < -0.39 is 29.6 Å². The number of nitrogens with one attached hydrogen (secondary N) is 1. The first-order valence-electron chi connectivity index (χ1n) is 7.69. The maximum atomic E-state index is 13.6. The number of hydrogen-bond acceptors (Lipinski definition) is 7. The molecule has 140 valence electrons. The molecule has 27 heavy (non-hydrogen) atoms. The predicted octanol–water partition coefficient (Wildman–Crippen LogP) is 2.25. The maximum Gasteiger partial charge on any atom is 0.330 e. The van der Waals surface area contributed by atoms with Gasteiger partial charge in [-0.2, -0.15) is 4.80 Å². The lowest BCUT2D eigenvalue weighted by molar-refractivity contribution is -0.154. The predicted molar refractivity (Wildman–Crippen MR) is 91.7 cm³/mol. The Bertz CT molecular complexity index is 961. The Morgan fingerprint density at radius 3 is 2.85 bits per heavy atom. The zero-order valence-electron chi connectivity index (χ0n) is 13.9. The highest BCUT2D eigenvalue weighted by atomic mass is 32.1. The molecular formula is C16H13F2N5O3S. The van der Waals surface area contributed by atoms with Gasteiger partial charge in [0.05, 0.1) is 10.6 Å². The second kappa shape index (κ2) is 7.99. The number of anilines is 1. The molecule has 2 heterocycles. The summed E-state index contributed by atoms with van der Waals surface area (Å²) in [6.07, 6.45) is -1.21. The summed E-state index contributed by atoms with van der Waals surface area (Å²) in [4.78, 5) is 25.8. The lowest BCUT2D eigenvalue weighted by atomic mass is 10.2. The van der Waals surface area contributed by atoms with Gasteiger partial charge in [0.1, 0.15) is 11.6 Å². The van der Waals surface area contributed by atoms with Gasteiger partial charge in [0.25, 0.3) is 5.91 Å². The Morgan fingerprint density at radius 1 is 1.33 bits per heavy atom. The summed E-state index contributed by atoms with van der Waals surface area (Å²) in [5.74, 6) is -2.87. The van der Waals surface area contributed by atoms with Gasteiger partial charge >= 0.3 is 5.97 Å². The summed E-state index contributed by atoms with van der Waals surface area (Å²) in [5, 5.41) is 15.7. The van der Waals surface area contributed by atoms with Crippen molar-refractivity contribution in [1.82, 2.24) is 20.2 Å². The molecule has 8 nitrogen and oxygen atoms in total. The second-order valence-electron chi connectivity index (χ2n) is 5.37. The van der Waals surface area contributed by atoms with Gasteiger partial charge in [-0.15, -0.1) is 21.5 Å². The van der Waals surface area contributed by atoms with Crippen molar-refractivity contribution in [2.24, 2.45) is 0 Å². The van der Waals surface area contributed by atoms with Gasteiger partial charge in [0.2, 0.25) is 5.82 Å². The number of carbonyl (C=O) groups is 2. The first-order valence-corrected chi connectivity index (χ1v) is 8.57. The average molecular weight is 393 g/mol. The summed E-state index contributed by atoms with van der Waals surface area (Å²) in [7, 11) is 0. The van der Waals surface area contributed by atoms with E-state index in [9.17, 15) is 18.4 Å². The third-order valence-corrected chi connectivity index (χ3v) is 4.20. The number of amides is 1. The first kappa shape index (κ1) is 18.6. The lowest BCUT2D eigenvalue weighted by Gasteiger charge is -2.13. The van der Waals surface area contributed by atoms with Crippen LogP contribution in [0.15, 0.2) is 35.7 Å². The molecule has 2 aromatic heterocycles.